The van der Waals surface area contributed by atoms with Gasteiger partial charge in [0, 0.05) is 6.20 Å². The minimum absolute atomic E-state index is 0.578. The van der Waals surface area contributed by atoms with Gasteiger partial charge in [0.2, 0.25) is 0 Å². The number of aliphatic hydroxyl groups excluding tert-OH is 1. The van der Waals surface area contributed by atoms with Crippen LogP contribution in [0.3, 0.4) is 0 Å². The van der Waals surface area contributed by atoms with E-state index in [4.69, 9.17) is 4.74 Å². The average Bonchev–Trinajstić information content (AvgIpc) is 2.04. The fourth-order valence-corrected chi connectivity index (χ4v) is 0.889. The Labute approximate surface area is 65.7 Å². The van der Waals surface area contributed by atoms with E-state index >= 15 is 0 Å². The van der Waals surface area contributed by atoms with Crippen LogP contribution in [0.5, 0.6) is 5.75 Å². The number of hydrogen-bond donors (Lipinski definition) is 1. The van der Waals surface area contributed by atoms with E-state index in [0.29, 0.717) is 11.4 Å². The highest BCUT2D eigenvalue weighted by atomic mass is 16.5. The van der Waals surface area contributed by atoms with Crippen LogP contribution in [0.1, 0.15) is 18.7 Å². The molecule has 0 aliphatic rings. The lowest BCUT2D eigenvalue weighted by Gasteiger charge is -2.07. The van der Waals surface area contributed by atoms with Crippen LogP contribution in [0.4, 0.5) is 0 Å². The van der Waals surface area contributed by atoms with Crippen LogP contribution in [-0.2, 0) is 0 Å². The van der Waals surface area contributed by atoms with E-state index in [1.165, 1.54) is 0 Å². The second-order valence-corrected chi connectivity index (χ2v) is 2.27. The van der Waals surface area contributed by atoms with Crippen LogP contribution in [0, 0.1) is 0 Å². The van der Waals surface area contributed by atoms with Gasteiger partial charge in [0.1, 0.15) is 11.4 Å². The zero-order valence-corrected chi connectivity index (χ0v) is 6.61. The van der Waals surface area contributed by atoms with Gasteiger partial charge in [-0.1, -0.05) is 0 Å². The summed E-state index contributed by atoms with van der Waals surface area (Å²) in [5.74, 6) is 0.627. The van der Waals surface area contributed by atoms with Crippen LogP contribution in [0.15, 0.2) is 18.3 Å². The van der Waals surface area contributed by atoms with Crippen molar-refractivity contribution in [1.82, 2.24) is 4.98 Å². The van der Waals surface area contributed by atoms with E-state index in [0.717, 1.165) is 0 Å². The lowest BCUT2D eigenvalue weighted by Crippen LogP contribution is -1.98. The number of aromatic nitrogens is 1. The zero-order chi connectivity index (χ0) is 8.27. The summed E-state index contributed by atoms with van der Waals surface area (Å²) >= 11 is 0. The molecule has 1 N–H and O–H groups in total. The zero-order valence-electron chi connectivity index (χ0n) is 6.61. The van der Waals surface area contributed by atoms with E-state index in [2.05, 4.69) is 4.98 Å². The monoisotopic (exact) mass is 153 g/mol. The molecule has 60 valence electrons. The molecule has 1 aromatic heterocycles. The summed E-state index contributed by atoms with van der Waals surface area (Å²) in [6, 6.07) is 3.54. The van der Waals surface area contributed by atoms with Gasteiger partial charge in [0.05, 0.1) is 13.2 Å². The summed E-state index contributed by atoms with van der Waals surface area (Å²) < 4.78 is 4.98. The number of methoxy groups -OCH3 is 1. The van der Waals surface area contributed by atoms with Crippen LogP contribution in [0.2, 0.25) is 0 Å². The number of aliphatic hydroxyl groups is 1. The first-order chi connectivity index (χ1) is 5.25. The van der Waals surface area contributed by atoms with Gasteiger partial charge in [0.25, 0.3) is 0 Å². The molecule has 0 aromatic carbocycles. The quantitative estimate of drug-likeness (QED) is 0.692. The predicted molar refractivity (Wildman–Crippen MR) is 41.4 cm³/mol. The Morgan fingerprint density at radius 3 is 2.82 bits per heavy atom. The van der Waals surface area contributed by atoms with E-state index in [1.54, 1.807) is 32.4 Å². The van der Waals surface area contributed by atoms with Crippen molar-refractivity contribution in [2.75, 3.05) is 7.11 Å². The molecule has 0 fully saturated rings. The Morgan fingerprint density at radius 2 is 2.36 bits per heavy atom. The van der Waals surface area contributed by atoms with E-state index in [1.807, 2.05) is 0 Å². The molecule has 0 bridgehead atoms. The van der Waals surface area contributed by atoms with Crippen molar-refractivity contribution in [2.45, 2.75) is 13.0 Å². The maximum absolute atomic E-state index is 9.19. The van der Waals surface area contributed by atoms with Crippen LogP contribution < -0.4 is 4.74 Å². The molecule has 0 spiro atoms. The Hall–Kier alpha value is -1.09. The molecule has 0 radical (unpaired) electrons. The number of nitrogens with zero attached hydrogens (tertiary/aromatic N) is 1. The Balaban J connectivity index is 3.02. The highest BCUT2D eigenvalue weighted by Crippen LogP contribution is 2.20. The highest BCUT2D eigenvalue weighted by molar-refractivity contribution is 5.27. The molecular formula is C8H11NO2. The molecule has 1 aromatic rings. The van der Waals surface area contributed by atoms with Crippen molar-refractivity contribution in [2.24, 2.45) is 0 Å². The van der Waals surface area contributed by atoms with Crippen LogP contribution in [0.25, 0.3) is 0 Å². The molecular weight excluding hydrogens is 142 g/mol. The van der Waals surface area contributed by atoms with Gasteiger partial charge in [-0.2, -0.15) is 0 Å². The highest BCUT2D eigenvalue weighted by Gasteiger charge is 2.07. The molecule has 11 heavy (non-hydrogen) atoms. The van der Waals surface area contributed by atoms with Gasteiger partial charge >= 0.3 is 0 Å². The molecule has 0 aliphatic carbocycles. The minimum Gasteiger partial charge on any atom is -0.495 e. The molecule has 3 heteroatoms. The number of pyridine rings is 1. The first-order valence-electron chi connectivity index (χ1n) is 3.42. The third kappa shape index (κ3) is 1.68. The Bertz CT molecular complexity index is 235. The molecule has 0 aliphatic heterocycles. The third-order valence-electron chi connectivity index (χ3n) is 1.42. The average molecular weight is 153 g/mol. The van der Waals surface area contributed by atoms with E-state index in [-0.39, 0.29) is 0 Å². The Morgan fingerprint density at radius 1 is 1.64 bits per heavy atom. The van der Waals surface area contributed by atoms with Crippen molar-refractivity contribution in [3.63, 3.8) is 0 Å². The van der Waals surface area contributed by atoms with E-state index in [9.17, 15) is 5.11 Å². The number of hydrogen-bond acceptors (Lipinski definition) is 3. The number of rotatable bonds is 2. The van der Waals surface area contributed by atoms with Crippen molar-refractivity contribution in [1.29, 1.82) is 0 Å². The summed E-state index contributed by atoms with van der Waals surface area (Å²) in [4.78, 5) is 3.97. The van der Waals surface area contributed by atoms with Gasteiger partial charge in [0.15, 0.2) is 0 Å². The summed E-state index contributed by atoms with van der Waals surface area (Å²) in [5, 5.41) is 9.19. The lowest BCUT2D eigenvalue weighted by atomic mass is 10.2. The van der Waals surface area contributed by atoms with Crippen LogP contribution >= 0.6 is 0 Å². The van der Waals surface area contributed by atoms with Gasteiger partial charge in [-0.25, -0.2) is 0 Å². The molecule has 3 nitrogen and oxygen atoms in total. The molecule has 0 saturated carbocycles. The predicted octanol–water partition coefficient (Wildman–Crippen LogP) is 1.14. The van der Waals surface area contributed by atoms with Crippen molar-refractivity contribution >= 4 is 0 Å². The smallest absolute Gasteiger partial charge is 0.143 e. The first kappa shape index (κ1) is 8.01. The van der Waals surface area contributed by atoms with Gasteiger partial charge in [-0.15, -0.1) is 0 Å². The molecule has 0 unspecified atom stereocenters. The largest absolute Gasteiger partial charge is 0.495 e. The van der Waals surface area contributed by atoms with Gasteiger partial charge < -0.3 is 9.84 Å². The maximum atomic E-state index is 9.19. The van der Waals surface area contributed by atoms with Crippen LogP contribution in [-0.4, -0.2) is 17.2 Å². The third-order valence-corrected chi connectivity index (χ3v) is 1.42. The minimum atomic E-state index is -0.578. The van der Waals surface area contributed by atoms with Crippen molar-refractivity contribution in [3.8, 4) is 5.75 Å². The summed E-state index contributed by atoms with van der Waals surface area (Å²) in [7, 11) is 1.56. The second-order valence-electron chi connectivity index (χ2n) is 2.27. The fourth-order valence-electron chi connectivity index (χ4n) is 0.889. The standard InChI is InChI=1S/C8H11NO2/c1-6(10)8-7(11-2)4-3-5-9-8/h3-6,10H,1-2H3/t6-/m0/s1. The molecule has 1 rings (SSSR count). The summed E-state index contributed by atoms with van der Waals surface area (Å²) in [6.07, 6.45) is 1.05. The number of ether oxygens (including phenoxy) is 1. The van der Waals surface area contributed by atoms with E-state index < -0.39 is 6.10 Å². The summed E-state index contributed by atoms with van der Waals surface area (Å²) in [6.45, 7) is 1.66. The molecule has 1 atom stereocenters. The fraction of sp³-hybridized carbons (Fsp3) is 0.375. The Kier molecular flexibility index (Phi) is 2.44. The molecule has 1 heterocycles. The lowest BCUT2D eigenvalue weighted by molar-refractivity contribution is 0.189. The van der Waals surface area contributed by atoms with Crippen molar-refractivity contribution < 1.29 is 9.84 Å². The first-order valence-corrected chi connectivity index (χ1v) is 3.42. The molecule has 0 amide bonds. The SMILES string of the molecule is COc1cccnc1[C@H](C)O. The van der Waals surface area contributed by atoms with Crippen molar-refractivity contribution in [3.05, 3.63) is 24.0 Å². The van der Waals surface area contributed by atoms with Gasteiger partial charge in [-0.3, -0.25) is 4.98 Å². The molecule has 0 saturated heterocycles. The maximum Gasteiger partial charge on any atom is 0.143 e. The second kappa shape index (κ2) is 3.34. The normalized spacial score (nSPS) is 12.6. The summed E-state index contributed by atoms with van der Waals surface area (Å²) in [5.41, 5.74) is 0.579. The van der Waals surface area contributed by atoms with Gasteiger partial charge in [-0.05, 0) is 19.1 Å². The topological polar surface area (TPSA) is 42.4 Å².